The summed E-state index contributed by atoms with van der Waals surface area (Å²) < 4.78 is 0. The summed E-state index contributed by atoms with van der Waals surface area (Å²) in [6.07, 6.45) is 2.68. The van der Waals surface area contributed by atoms with Crippen molar-refractivity contribution in [3.8, 4) is 0 Å². The highest BCUT2D eigenvalue weighted by Gasteiger charge is 2.38. The Hall–Kier alpha value is -3.52. The van der Waals surface area contributed by atoms with Crippen LogP contribution in [0.2, 0.25) is 0 Å². The molecule has 1 aromatic heterocycles. The Labute approximate surface area is 188 Å². The zero-order valence-corrected chi connectivity index (χ0v) is 17.8. The summed E-state index contributed by atoms with van der Waals surface area (Å²) in [5, 5.41) is 32.3. The number of H-pyrrole nitrogens is 1. The van der Waals surface area contributed by atoms with Gasteiger partial charge in [-0.1, -0.05) is 0 Å². The first-order chi connectivity index (χ1) is 15.6. The molecular formula is C19H28N6O8. The molecule has 182 valence electrons. The number of nitrogens with zero attached hydrogens (tertiary/aromatic N) is 2. The second-order valence-electron chi connectivity index (χ2n) is 7.65. The summed E-state index contributed by atoms with van der Waals surface area (Å²) in [6, 6.07) is -4.84. The summed E-state index contributed by atoms with van der Waals surface area (Å²) in [5.74, 6) is -4.73. The number of aliphatic carboxylic acids is 2. The van der Waals surface area contributed by atoms with E-state index >= 15 is 0 Å². The van der Waals surface area contributed by atoms with Crippen LogP contribution in [0.1, 0.15) is 31.4 Å². The first kappa shape index (κ1) is 25.7. The van der Waals surface area contributed by atoms with E-state index in [0.717, 1.165) is 0 Å². The number of carboxylic acids is 2. The maximum Gasteiger partial charge on any atom is 0.326 e. The van der Waals surface area contributed by atoms with Crippen LogP contribution in [-0.2, 0) is 30.4 Å². The number of rotatable bonds is 12. The van der Waals surface area contributed by atoms with Crippen molar-refractivity contribution in [2.24, 2.45) is 5.73 Å². The van der Waals surface area contributed by atoms with E-state index < -0.39 is 66.9 Å². The highest BCUT2D eigenvalue weighted by molar-refractivity contribution is 5.94. The largest absolute Gasteiger partial charge is 0.481 e. The number of nitrogens with two attached hydrogens (primary N) is 1. The maximum absolute atomic E-state index is 12.8. The van der Waals surface area contributed by atoms with Crippen LogP contribution < -0.4 is 16.4 Å². The third-order valence-corrected chi connectivity index (χ3v) is 5.23. The lowest BCUT2D eigenvalue weighted by atomic mass is 10.1. The second kappa shape index (κ2) is 11.9. The first-order valence-corrected chi connectivity index (χ1v) is 10.3. The molecule has 0 radical (unpaired) electrons. The molecule has 4 atom stereocenters. The molecule has 2 heterocycles. The Morgan fingerprint density at radius 3 is 2.52 bits per heavy atom. The molecule has 0 aromatic carbocycles. The number of aliphatic hydroxyl groups excluding tert-OH is 1. The van der Waals surface area contributed by atoms with Crippen molar-refractivity contribution < 1.29 is 39.3 Å². The molecule has 1 aromatic rings. The van der Waals surface area contributed by atoms with Gasteiger partial charge in [-0.15, -0.1) is 0 Å². The number of carboxylic acid groups (broad SMARTS) is 2. The Balaban J connectivity index is 2.11. The number of carbonyl (C=O) groups excluding carboxylic acids is 3. The molecule has 2 rings (SSSR count). The van der Waals surface area contributed by atoms with Crippen molar-refractivity contribution in [2.45, 2.75) is 56.3 Å². The molecule has 1 aliphatic rings. The van der Waals surface area contributed by atoms with Gasteiger partial charge in [0, 0.05) is 31.3 Å². The van der Waals surface area contributed by atoms with Gasteiger partial charge in [0.2, 0.25) is 17.7 Å². The molecule has 1 saturated heterocycles. The van der Waals surface area contributed by atoms with E-state index in [1.165, 1.54) is 17.4 Å². The van der Waals surface area contributed by atoms with Crippen molar-refractivity contribution in [1.82, 2.24) is 25.5 Å². The van der Waals surface area contributed by atoms with Crippen molar-refractivity contribution in [1.29, 1.82) is 0 Å². The van der Waals surface area contributed by atoms with Crippen LogP contribution in [0.5, 0.6) is 0 Å². The molecule has 4 unspecified atom stereocenters. The standard InChI is InChI=1S/C19H28N6O8/c20-11(8-26)18(31)25-5-1-2-14(25)17(30)23-12(3-4-15(27)28)16(29)24-13(19(32)33)6-10-7-21-9-22-10/h7,9,11-14,26H,1-6,8,20H2,(H,21,22)(H,23,30)(H,24,29)(H,27,28)(H,32,33). The maximum atomic E-state index is 12.8. The molecule has 0 bridgehead atoms. The van der Waals surface area contributed by atoms with E-state index in [1.54, 1.807) is 0 Å². The second-order valence-corrected chi connectivity index (χ2v) is 7.65. The summed E-state index contributed by atoms with van der Waals surface area (Å²) in [7, 11) is 0. The highest BCUT2D eigenvalue weighted by Crippen LogP contribution is 2.19. The van der Waals surface area contributed by atoms with E-state index in [2.05, 4.69) is 20.6 Å². The van der Waals surface area contributed by atoms with Crippen molar-refractivity contribution in [2.75, 3.05) is 13.2 Å². The van der Waals surface area contributed by atoms with E-state index in [0.29, 0.717) is 18.5 Å². The smallest absolute Gasteiger partial charge is 0.326 e. The Kier molecular flexibility index (Phi) is 9.30. The quantitative estimate of drug-likeness (QED) is 0.166. The zero-order valence-electron chi connectivity index (χ0n) is 17.8. The lowest BCUT2D eigenvalue weighted by Gasteiger charge is -2.28. The highest BCUT2D eigenvalue weighted by atomic mass is 16.4. The number of aromatic nitrogens is 2. The molecule has 14 heteroatoms. The Morgan fingerprint density at radius 2 is 1.94 bits per heavy atom. The van der Waals surface area contributed by atoms with Gasteiger partial charge >= 0.3 is 11.9 Å². The van der Waals surface area contributed by atoms with Crippen LogP contribution in [0.15, 0.2) is 12.5 Å². The zero-order chi connectivity index (χ0) is 24.5. The van der Waals surface area contributed by atoms with Gasteiger partial charge in [0.05, 0.1) is 12.9 Å². The summed E-state index contributed by atoms with van der Waals surface area (Å²) in [6.45, 7) is -0.359. The summed E-state index contributed by atoms with van der Waals surface area (Å²) in [4.78, 5) is 68.3. The monoisotopic (exact) mass is 468 g/mol. The van der Waals surface area contributed by atoms with Gasteiger partial charge in [0.25, 0.3) is 0 Å². The molecule has 1 fully saturated rings. The molecular weight excluding hydrogens is 440 g/mol. The molecule has 1 aliphatic heterocycles. The molecule has 0 spiro atoms. The van der Waals surface area contributed by atoms with Crippen LogP contribution in [0.3, 0.4) is 0 Å². The van der Waals surface area contributed by atoms with Crippen LogP contribution in [0.4, 0.5) is 0 Å². The molecule has 0 aliphatic carbocycles. The lowest BCUT2D eigenvalue weighted by molar-refractivity contribution is -0.143. The van der Waals surface area contributed by atoms with Crippen molar-refractivity contribution in [3.63, 3.8) is 0 Å². The van der Waals surface area contributed by atoms with Crippen LogP contribution >= 0.6 is 0 Å². The molecule has 3 amide bonds. The van der Waals surface area contributed by atoms with Gasteiger partial charge in [-0.3, -0.25) is 19.2 Å². The van der Waals surface area contributed by atoms with E-state index in [-0.39, 0.29) is 19.4 Å². The Morgan fingerprint density at radius 1 is 1.21 bits per heavy atom. The summed E-state index contributed by atoms with van der Waals surface area (Å²) in [5.41, 5.74) is 6.02. The van der Waals surface area contributed by atoms with Gasteiger partial charge in [0.1, 0.15) is 24.2 Å². The fourth-order valence-corrected chi connectivity index (χ4v) is 3.49. The number of hydrogen-bond acceptors (Lipinski definition) is 8. The van der Waals surface area contributed by atoms with Crippen LogP contribution in [0.25, 0.3) is 0 Å². The van der Waals surface area contributed by atoms with Gasteiger partial charge in [-0.05, 0) is 19.3 Å². The number of imidazole rings is 1. The van der Waals surface area contributed by atoms with Gasteiger partial charge in [-0.25, -0.2) is 9.78 Å². The third kappa shape index (κ3) is 7.25. The minimum absolute atomic E-state index is 0.107. The number of nitrogens with one attached hydrogen (secondary N) is 3. The number of aliphatic hydroxyl groups is 1. The third-order valence-electron chi connectivity index (χ3n) is 5.23. The van der Waals surface area contributed by atoms with Gasteiger partial charge in [-0.2, -0.15) is 0 Å². The van der Waals surface area contributed by atoms with E-state index in [4.69, 9.17) is 15.9 Å². The Bertz CT molecular complexity index is 860. The van der Waals surface area contributed by atoms with Gasteiger partial charge < -0.3 is 41.6 Å². The minimum Gasteiger partial charge on any atom is -0.481 e. The number of amides is 3. The first-order valence-electron chi connectivity index (χ1n) is 10.3. The predicted octanol–water partition coefficient (Wildman–Crippen LogP) is -2.82. The average Bonchev–Trinajstić information content (AvgIpc) is 3.46. The van der Waals surface area contributed by atoms with Crippen LogP contribution in [0, 0.1) is 0 Å². The number of carbonyl (C=O) groups is 5. The van der Waals surface area contributed by atoms with Gasteiger partial charge in [0.15, 0.2) is 0 Å². The average molecular weight is 468 g/mol. The predicted molar refractivity (Wildman–Crippen MR) is 110 cm³/mol. The normalized spacial score (nSPS) is 18.2. The molecule has 33 heavy (non-hydrogen) atoms. The molecule has 14 nitrogen and oxygen atoms in total. The molecule has 0 saturated carbocycles. The summed E-state index contributed by atoms with van der Waals surface area (Å²) >= 11 is 0. The SMILES string of the molecule is NC(CO)C(=O)N1CCCC1C(=O)NC(CCC(=O)O)C(=O)NC(Cc1cnc[nH]1)C(=O)O. The topological polar surface area (TPSA) is 228 Å². The fourth-order valence-electron chi connectivity index (χ4n) is 3.49. The minimum atomic E-state index is -1.35. The lowest BCUT2D eigenvalue weighted by Crippen LogP contribution is -2.57. The van der Waals surface area contributed by atoms with E-state index in [1.807, 2.05) is 0 Å². The molecule has 8 N–H and O–H groups in total. The van der Waals surface area contributed by atoms with E-state index in [9.17, 15) is 29.1 Å². The van der Waals surface area contributed by atoms with Crippen LogP contribution in [-0.4, -0.2) is 97.2 Å². The number of hydrogen-bond donors (Lipinski definition) is 7. The number of likely N-dealkylation sites (tertiary alicyclic amines) is 1. The fraction of sp³-hybridized carbons (Fsp3) is 0.579. The van der Waals surface area contributed by atoms with Crippen molar-refractivity contribution >= 4 is 29.7 Å². The van der Waals surface area contributed by atoms with Crippen molar-refractivity contribution in [3.05, 3.63) is 18.2 Å². The number of aromatic amines is 1.